The molecule has 0 heterocycles. The third-order valence-corrected chi connectivity index (χ3v) is 3.02. The van der Waals surface area contributed by atoms with Crippen LogP contribution in [0.3, 0.4) is 0 Å². The summed E-state index contributed by atoms with van der Waals surface area (Å²) in [6.07, 6.45) is 0.360. The van der Waals surface area contributed by atoms with E-state index in [2.05, 4.69) is 5.32 Å². The summed E-state index contributed by atoms with van der Waals surface area (Å²) in [5.41, 5.74) is -0.759. The molecule has 0 saturated carbocycles. The Balaban J connectivity index is 3.14. The molecule has 0 aliphatic carbocycles. The van der Waals surface area contributed by atoms with Crippen molar-refractivity contribution in [3.8, 4) is 0 Å². The van der Waals surface area contributed by atoms with Gasteiger partial charge in [-0.3, -0.25) is 5.32 Å². The molecule has 0 radical (unpaired) electrons. The second-order valence-corrected chi connectivity index (χ2v) is 4.85. The maximum atomic E-state index is 13.3. The molecule has 2 N–H and O–H groups in total. The van der Waals surface area contributed by atoms with E-state index in [9.17, 15) is 14.3 Å². The molecule has 18 heavy (non-hydrogen) atoms. The number of hydrogen-bond donors (Lipinski definition) is 2. The van der Waals surface area contributed by atoms with Crippen molar-refractivity contribution in [2.75, 3.05) is 6.54 Å². The van der Waals surface area contributed by atoms with Gasteiger partial charge in [0.25, 0.3) is 0 Å². The molecular formula is C14H20FNO2. The minimum atomic E-state index is -1.22. The number of hydrogen-bond acceptors (Lipinski definition) is 2. The molecule has 0 aliphatic rings. The van der Waals surface area contributed by atoms with Gasteiger partial charge in [0.15, 0.2) is 0 Å². The van der Waals surface area contributed by atoms with Crippen molar-refractivity contribution in [3.63, 3.8) is 0 Å². The molecule has 100 valence electrons. The smallest absolute Gasteiger partial charge is 0.328 e. The summed E-state index contributed by atoms with van der Waals surface area (Å²) in [5.74, 6) is -1.07. The Labute approximate surface area is 107 Å². The highest BCUT2D eigenvalue weighted by molar-refractivity contribution is 5.80. The fraction of sp³-hybridized carbons (Fsp3) is 0.500. The van der Waals surface area contributed by atoms with Crippen LogP contribution in [0.1, 0.15) is 32.8 Å². The normalized spacial score (nSPS) is 14.5. The quantitative estimate of drug-likeness (QED) is 0.819. The number of halogens is 1. The van der Waals surface area contributed by atoms with E-state index in [-0.39, 0.29) is 0 Å². The first kappa shape index (κ1) is 14.6. The monoisotopic (exact) mass is 253 g/mol. The molecule has 1 atom stereocenters. The van der Waals surface area contributed by atoms with Gasteiger partial charge in [-0.15, -0.1) is 0 Å². The zero-order valence-electron chi connectivity index (χ0n) is 11.0. The maximum absolute atomic E-state index is 13.3. The molecule has 0 fully saturated rings. The van der Waals surface area contributed by atoms with Crippen molar-refractivity contribution in [1.82, 2.24) is 5.32 Å². The molecule has 0 aliphatic heterocycles. The van der Waals surface area contributed by atoms with Crippen molar-refractivity contribution in [3.05, 3.63) is 35.6 Å². The van der Waals surface area contributed by atoms with Gasteiger partial charge in [0.1, 0.15) is 11.4 Å². The third-order valence-electron chi connectivity index (χ3n) is 3.02. The average molecular weight is 253 g/mol. The minimum Gasteiger partial charge on any atom is -0.480 e. The highest BCUT2D eigenvalue weighted by atomic mass is 19.1. The summed E-state index contributed by atoms with van der Waals surface area (Å²) in [4.78, 5) is 11.6. The van der Waals surface area contributed by atoms with Crippen LogP contribution < -0.4 is 5.32 Å². The van der Waals surface area contributed by atoms with Crippen LogP contribution in [0.2, 0.25) is 0 Å². The predicted octanol–water partition coefficient (Wildman–Crippen LogP) is 2.76. The molecule has 0 bridgehead atoms. The van der Waals surface area contributed by atoms with Crippen LogP contribution in [0.15, 0.2) is 24.3 Å². The molecule has 1 rings (SSSR count). The Bertz CT molecular complexity index is 420. The van der Waals surface area contributed by atoms with Gasteiger partial charge in [-0.05, 0) is 36.6 Å². The van der Waals surface area contributed by atoms with Gasteiger partial charge in [-0.2, -0.15) is 0 Å². The van der Waals surface area contributed by atoms with Crippen molar-refractivity contribution < 1.29 is 14.3 Å². The first-order valence-electron chi connectivity index (χ1n) is 6.17. The lowest BCUT2D eigenvalue weighted by atomic mass is 9.86. The summed E-state index contributed by atoms with van der Waals surface area (Å²) >= 11 is 0. The number of rotatable bonds is 6. The van der Waals surface area contributed by atoms with E-state index in [1.807, 2.05) is 13.8 Å². The summed E-state index contributed by atoms with van der Waals surface area (Å²) in [5, 5.41) is 12.6. The predicted molar refractivity (Wildman–Crippen MR) is 68.8 cm³/mol. The lowest BCUT2D eigenvalue weighted by Crippen LogP contribution is -2.50. The maximum Gasteiger partial charge on any atom is 0.328 e. The molecule has 3 nitrogen and oxygen atoms in total. The average Bonchev–Trinajstić information content (AvgIpc) is 2.29. The second kappa shape index (κ2) is 5.96. The Kier molecular flexibility index (Phi) is 4.84. The van der Waals surface area contributed by atoms with Crippen LogP contribution in [0.4, 0.5) is 4.39 Å². The number of carbonyl (C=O) groups is 1. The minimum absolute atomic E-state index is 0.323. The van der Waals surface area contributed by atoms with Crippen LogP contribution >= 0.6 is 0 Å². The van der Waals surface area contributed by atoms with E-state index < -0.39 is 17.3 Å². The van der Waals surface area contributed by atoms with Crippen LogP contribution in [0.25, 0.3) is 0 Å². The standard InChI is InChI=1S/C14H20FNO2/c1-4-14(13(17)18,16-9-10(2)3)11-6-5-7-12(15)8-11/h5-8,10,16H,4,9H2,1-3H3,(H,17,18). The Morgan fingerprint density at radius 1 is 1.50 bits per heavy atom. The molecule has 0 aromatic heterocycles. The first-order valence-corrected chi connectivity index (χ1v) is 6.17. The van der Waals surface area contributed by atoms with Crippen molar-refractivity contribution >= 4 is 5.97 Å². The van der Waals surface area contributed by atoms with Crippen LogP contribution in [0, 0.1) is 11.7 Å². The van der Waals surface area contributed by atoms with Crippen LogP contribution in [-0.4, -0.2) is 17.6 Å². The molecule has 1 unspecified atom stereocenters. The zero-order valence-corrected chi connectivity index (χ0v) is 11.0. The Morgan fingerprint density at radius 2 is 2.17 bits per heavy atom. The van der Waals surface area contributed by atoms with E-state index in [1.165, 1.54) is 18.2 Å². The second-order valence-electron chi connectivity index (χ2n) is 4.85. The number of carboxylic acids is 1. The van der Waals surface area contributed by atoms with E-state index in [0.717, 1.165) is 0 Å². The van der Waals surface area contributed by atoms with Crippen molar-refractivity contribution in [2.24, 2.45) is 5.92 Å². The number of nitrogens with one attached hydrogen (secondary N) is 1. The van der Waals surface area contributed by atoms with Crippen molar-refractivity contribution in [1.29, 1.82) is 0 Å². The zero-order chi connectivity index (χ0) is 13.8. The van der Waals surface area contributed by atoms with Gasteiger partial charge >= 0.3 is 5.97 Å². The first-order chi connectivity index (χ1) is 8.42. The van der Waals surface area contributed by atoms with Gasteiger partial charge in [0.2, 0.25) is 0 Å². The molecule has 1 aromatic carbocycles. The molecule has 0 spiro atoms. The summed E-state index contributed by atoms with van der Waals surface area (Å²) in [7, 11) is 0. The van der Waals surface area contributed by atoms with Crippen LogP contribution in [0.5, 0.6) is 0 Å². The number of aliphatic carboxylic acids is 1. The van der Waals surface area contributed by atoms with Gasteiger partial charge in [-0.1, -0.05) is 32.9 Å². The molecule has 0 saturated heterocycles. The highest BCUT2D eigenvalue weighted by Crippen LogP contribution is 2.26. The number of carboxylic acid groups (broad SMARTS) is 1. The third kappa shape index (κ3) is 3.07. The van der Waals surface area contributed by atoms with Gasteiger partial charge in [0, 0.05) is 0 Å². The molecule has 0 amide bonds. The number of benzene rings is 1. The van der Waals surface area contributed by atoms with E-state index in [4.69, 9.17) is 0 Å². The molecule has 1 aromatic rings. The van der Waals surface area contributed by atoms with E-state index in [0.29, 0.717) is 24.4 Å². The van der Waals surface area contributed by atoms with Gasteiger partial charge in [0.05, 0.1) is 0 Å². The highest BCUT2D eigenvalue weighted by Gasteiger charge is 2.38. The lowest BCUT2D eigenvalue weighted by Gasteiger charge is -2.31. The van der Waals surface area contributed by atoms with E-state index >= 15 is 0 Å². The topological polar surface area (TPSA) is 49.3 Å². The largest absolute Gasteiger partial charge is 0.480 e. The lowest BCUT2D eigenvalue weighted by molar-refractivity contribution is -0.145. The Morgan fingerprint density at radius 3 is 2.61 bits per heavy atom. The molecular weight excluding hydrogens is 233 g/mol. The van der Waals surface area contributed by atoms with Crippen LogP contribution in [-0.2, 0) is 10.3 Å². The summed E-state index contributed by atoms with van der Waals surface area (Å²) in [6, 6.07) is 5.78. The summed E-state index contributed by atoms with van der Waals surface area (Å²) < 4.78 is 13.3. The Hall–Kier alpha value is -1.42. The summed E-state index contributed by atoms with van der Waals surface area (Å²) in [6.45, 7) is 6.35. The molecule has 4 heteroatoms. The fourth-order valence-corrected chi connectivity index (χ4v) is 1.91. The van der Waals surface area contributed by atoms with Gasteiger partial charge < -0.3 is 5.11 Å². The SMILES string of the molecule is CCC(NCC(C)C)(C(=O)O)c1cccc(F)c1. The van der Waals surface area contributed by atoms with Gasteiger partial charge in [-0.25, -0.2) is 9.18 Å². The van der Waals surface area contributed by atoms with E-state index in [1.54, 1.807) is 13.0 Å². The van der Waals surface area contributed by atoms with Crippen molar-refractivity contribution in [2.45, 2.75) is 32.7 Å². The fourth-order valence-electron chi connectivity index (χ4n) is 1.91.